The number of aromatic nitrogens is 2. The summed E-state index contributed by atoms with van der Waals surface area (Å²) < 4.78 is 40.8. The van der Waals surface area contributed by atoms with Crippen molar-refractivity contribution in [3.05, 3.63) is 62.4 Å². The fourth-order valence-electron chi connectivity index (χ4n) is 2.95. The van der Waals surface area contributed by atoms with Gasteiger partial charge in [-0.15, -0.1) is 0 Å². The van der Waals surface area contributed by atoms with E-state index in [1.54, 1.807) is 30.7 Å². The van der Waals surface area contributed by atoms with Gasteiger partial charge in [-0.2, -0.15) is 13.2 Å². The summed E-state index contributed by atoms with van der Waals surface area (Å²) in [6.07, 6.45) is -2.19. The molecule has 2 aromatic heterocycles. The molecule has 0 N–H and O–H groups in total. The topological polar surface area (TPSA) is 34.9 Å². The second kappa shape index (κ2) is 6.59. The number of alkyl halides is 3. The molecule has 3 nitrogen and oxygen atoms in total. The van der Waals surface area contributed by atoms with Gasteiger partial charge in [-0.25, -0.2) is 4.98 Å². The van der Waals surface area contributed by atoms with Gasteiger partial charge in [0.1, 0.15) is 5.69 Å². The summed E-state index contributed by atoms with van der Waals surface area (Å²) in [7, 11) is 0. The second-order valence-electron chi connectivity index (χ2n) is 6.01. The molecule has 26 heavy (non-hydrogen) atoms. The van der Waals surface area contributed by atoms with Crippen LogP contribution < -0.4 is 0 Å². The third-order valence-electron chi connectivity index (χ3n) is 4.16. The molecule has 0 amide bonds. The number of hydrogen-bond acceptors (Lipinski definition) is 2. The maximum atomic E-state index is 13.0. The minimum atomic E-state index is -4.52. The third-order valence-corrected chi connectivity index (χ3v) is 4.96. The molecular weight excluding hydrogens is 388 g/mol. The Labute approximate surface area is 157 Å². The number of carbonyl (C=O) groups excluding carboxylic acids is 1. The zero-order valence-corrected chi connectivity index (χ0v) is 15.3. The average Bonchev–Trinajstić information content (AvgIpc) is 2.87. The van der Waals surface area contributed by atoms with Crippen molar-refractivity contribution in [2.75, 3.05) is 0 Å². The van der Waals surface area contributed by atoms with Crippen LogP contribution in [-0.4, -0.2) is 15.8 Å². The molecular formula is C18H13Cl2F3N2O. The summed E-state index contributed by atoms with van der Waals surface area (Å²) in [6.45, 7) is 3.49. The molecule has 0 saturated carbocycles. The molecule has 3 rings (SSSR count). The van der Waals surface area contributed by atoms with Gasteiger partial charge in [-0.3, -0.25) is 4.79 Å². The minimum absolute atomic E-state index is 0.206. The first kappa shape index (κ1) is 18.7. The Bertz CT molecular complexity index is 1030. The van der Waals surface area contributed by atoms with Crippen LogP contribution in [0.3, 0.4) is 0 Å². The standard InChI is InChI=1S/C18H13Cl2F3N2O/c1-9-5-14(18(21,22)23)24-16-10(2)6-25(17(9)16)7-12-13(19)4-3-11(8-26)15(12)20/h3-6,8H,7H2,1-2H3. The lowest BCUT2D eigenvalue weighted by atomic mass is 10.1. The summed E-state index contributed by atoms with van der Waals surface area (Å²) in [6, 6.07) is 4.10. The van der Waals surface area contributed by atoms with Crippen LogP contribution in [0.15, 0.2) is 24.4 Å². The van der Waals surface area contributed by atoms with Gasteiger partial charge in [0.2, 0.25) is 0 Å². The lowest BCUT2D eigenvalue weighted by Gasteiger charge is -2.13. The van der Waals surface area contributed by atoms with Crippen LogP contribution in [0.1, 0.15) is 32.7 Å². The highest BCUT2D eigenvalue weighted by Crippen LogP contribution is 2.34. The molecule has 0 unspecified atom stereocenters. The largest absolute Gasteiger partial charge is 0.433 e. The number of aryl methyl sites for hydroxylation is 2. The maximum absolute atomic E-state index is 13.0. The van der Waals surface area contributed by atoms with Crippen LogP contribution in [0, 0.1) is 13.8 Å². The Kier molecular flexibility index (Phi) is 4.75. The van der Waals surface area contributed by atoms with E-state index in [1.165, 1.54) is 6.07 Å². The normalized spacial score (nSPS) is 12.0. The van der Waals surface area contributed by atoms with Gasteiger partial charge in [0.15, 0.2) is 6.29 Å². The smallest absolute Gasteiger partial charge is 0.341 e. The maximum Gasteiger partial charge on any atom is 0.433 e. The first-order valence-corrected chi connectivity index (χ1v) is 8.35. The molecule has 0 atom stereocenters. The molecule has 0 spiro atoms. The first-order valence-electron chi connectivity index (χ1n) is 7.59. The van der Waals surface area contributed by atoms with E-state index in [2.05, 4.69) is 4.98 Å². The van der Waals surface area contributed by atoms with E-state index in [0.717, 1.165) is 6.07 Å². The van der Waals surface area contributed by atoms with Crippen molar-refractivity contribution >= 4 is 40.5 Å². The van der Waals surface area contributed by atoms with Crippen LogP contribution in [0.5, 0.6) is 0 Å². The minimum Gasteiger partial charge on any atom is -0.341 e. The molecule has 1 aromatic carbocycles. The lowest BCUT2D eigenvalue weighted by molar-refractivity contribution is -0.141. The summed E-state index contributed by atoms with van der Waals surface area (Å²) >= 11 is 12.5. The highest BCUT2D eigenvalue weighted by molar-refractivity contribution is 6.37. The Balaban J connectivity index is 2.18. The molecule has 0 radical (unpaired) electrons. The Morgan fingerprint density at radius 2 is 1.88 bits per heavy atom. The quantitative estimate of drug-likeness (QED) is 0.517. The molecule has 0 aliphatic carbocycles. The number of aldehydes is 1. The third kappa shape index (κ3) is 3.19. The van der Waals surface area contributed by atoms with Crippen molar-refractivity contribution in [3.8, 4) is 0 Å². The van der Waals surface area contributed by atoms with Gasteiger partial charge in [0.05, 0.1) is 22.6 Å². The van der Waals surface area contributed by atoms with E-state index in [1.807, 2.05) is 0 Å². The molecule has 0 aliphatic heterocycles. The van der Waals surface area contributed by atoms with E-state index in [9.17, 15) is 18.0 Å². The Morgan fingerprint density at radius 1 is 1.19 bits per heavy atom. The number of rotatable bonds is 3. The van der Waals surface area contributed by atoms with E-state index >= 15 is 0 Å². The molecule has 0 aliphatic rings. The van der Waals surface area contributed by atoms with Crippen molar-refractivity contribution in [2.24, 2.45) is 0 Å². The van der Waals surface area contributed by atoms with Crippen LogP contribution in [-0.2, 0) is 12.7 Å². The van der Waals surface area contributed by atoms with Crippen molar-refractivity contribution < 1.29 is 18.0 Å². The van der Waals surface area contributed by atoms with E-state index in [4.69, 9.17) is 23.2 Å². The lowest BCUT2D eigenvalue weighted by Crippen LogP contribution is -2.09. The van der Waals surface area contributed by atoms with E-state index < -0.39 is 11.9 Å². The van der Waals surface area contributed by atoms with Crippen LogP contribution in [0.4, 0.5) is 13.2 Å². The highest BCUT2D eigenvalue weighted by Gasteiger charge is 2.33. The average molecular weight is 401 g/mol. The van der Waals surface area contributed by atoms with Gasteiger partial charge < -0.3 is 4.57 Å². The molecule has 0 fully saturated rings. The molecule has 0 bridgehead atoms. The van der Waals surface area contributed by atoms with E-state index in [0.29, 0.717) is 39.1 Å². The van der Waals surface area contributed by atoms with E-state index in [-0.39, 0.29) is 17.1 Å². The number of fused-ring (bicyclic) bond motifs is 1. The van der Waals surface area contributed by atoms with Crippen LogP contribution in [0.25, 0.3) is 11.0 Å². The van der Waals surface area contributed by atoms with Crippen LogP contribution in [0.2, 0.25) is 10.0 Å². The Hall–Kier alpha value is -2.05. The second-order valence-corrected chi connectivity index (χ2v) is 6.79. The van der Waals surface area contributed by atoms with Gasteiger partial charge in [-0.05, 0) is 43.2 Å². The first-order chi connectivity index (χ1) is 12.1. The fourth-order valence-corrected chi connectivity index (χ4v) is 3.49. The predicted octanol–water partition coefficient (Wildman–Crippen LogP) is 5.84. The predicted molar refractivity (Wildman–Crippen MR) is 95.2 cm³/mol. The number of halogens is 5. The zero-order chi connectivity index (χ0) is 19.2. The molecule has 2 heterocycles. The van der Waals surface area contributed by atoms with Gasteiger partial charge in [-0.1, -0.05) is 23.2 Å². The van der Waals surface area contributed by atoms with Gasteiger partial charge >= 0.3 is 6.18 Å². The van der Waals surface area contributed by atoms with Crippen molar-refractivity contribution in [1.29, 1.82) is 0 Å². The van der Waals surface area contributed by atoms with Crippen molar-refractivity contribution in [2.45, 2.75) is 26.6 Å². The van der Waals surface area contributed by atoms with Crippen molar-refractivity contribution in [1.82, 2.24) is 9.55 Å². The molecule has 0 saturated heterocycles. The number of nitrogens with zero attached hydrogens (tertiary/aromatic N) is 2. The van der Waals surface area contributed by atoms with Gasteiger partial charge in [0.25, 0.3) is 0 Å². The summed E-state index contributed by atoms with van der Waals surface area (Å²) in [5.74, 6) is 0. The highest BCUT2D eigenvalue weighted by atomic mass is 35.5. The molecule has 3 aromatic rings. The SMILES string of the molecule is Cc1cn(Cc2c(Cl)ccc(C=O)c2Cl)c2c(C)cc(C(F)(F)F)nc12. The monoisotopic (exact) mass is 400 g/mol. The summed E-state index contributed by atoms with van der Waals surface area (Å²) in [5, 5.41) is 0.599. The molecule has 136 valence electrons. The van der Waals surface area contributed by atoms with Gasteiger partial charge in [0, 0.05) is 22.3 Å². The number of carbonyl (C=O) groups is 1. The number of benzene rings is 1. The summed E-state index contributed by atoms with van der Waals surface area (Å²) in [5.41, 5.74) is 1.78. The van der Waals surface area contributed by atoms with Crippen molar-refractivity contribution in [3.63, 3.8) is 0 Å². The number of pyridine rings is 1. The zero-order valence-electron chi connectivity index (χ0n) is 13.8. The van der Waals surface area contributed by atoms with Crippen LogP contribution >= 0.6 is 23.2 Å². The number of hydrogen-bond donors (Lipinski definition) is 0. The molecule has 8 heteroatoms. The Morgan fingerprint density at radius 3 is 2.50 bits per heavy atom. The summed E-state index contributed by atoms with van der Waals surface area (Å²) in [4.78, 5) is 14.9. The fraction of sp³-hybridized carbons (Fsp3) is 0.222.